The number of amides is 2. The van der Waals surface area contributed by atoms with Gasteiger partial charge in [0, 0.05) is 31.1 Å². The summed E-state index contributed by atoms with van der Waals surface area (Å²) in [5.74, 6) is 1.31. The Balaban J connectivity index is 2.73. The van der Waals surface area contributed by atoms with E-state index in [0.29, 0.717) is 19.0 Å². The fraction of sp³-hybridized carbons (Fsp3) is 0.867. The first-order chi connectivity index (χ1) is 10.0. The fourth-order valence-corrected chi connectivity index (χ4v) is 3.72. The number of carbonyl (C=O) groups excluding carboxylic acids is 1. The van der Waals surface area contributed by atoms with Crippen molar-refractivity contribution in [1.29, 1.82) is 0 Å². The third-order valence-electron chi connectivity index (χ3n) is 4.17. The molecular weight excluding hydrogens is 288 g/mol. The van der Waals surface area contributed by atoms with E-state index in [0.717, 1.165) is 30.9 Å². The molecule has 2 amide bonds. The summed E-state index contributed by atoms with van der Waals surface area (Å²) in [6.45, 7) is 8.39. The summed E-state index contributed by atoms with van der Waals surface area (Å²) in [5.41, 5.74) is 0. The predicted molar refractivity (Wildman–Crippen MR) is 86.8 cm³/mol. The van der Waals surface area contributed by atoms with E-state index in [9.17, 15) is 9.59 Å². The van der Waals surface area contributed by atoms with Gasteiger partial charge in [0.15, 0.2) is 0 Å². The maximum atomic E-state index is 12.7. The van der Waals surface area contributed by atoms with Crippen molar-refractivity contribution in [3.63, 3.8) is 0 Å². The van der Waals surface area contributed by atoms with Crippen LogP contribution in [-0.2, 0) is 4.79 Å². The maximum Gasteiger partial charge on any atom is 0.320 e. The second-order valence-corrected chi connectivity index (χ2v) is 6.67. The Kier molecular flexibility index (Phi) is 7.93. The van der Waals surface area contributed by atoms with Crippen molar-refractivity contribution in [2.45, 2.75) is 46.1 Å². The molecule has 1 rings (SSSR count). The average Bonchev–Trinajstić information content (AvgIpc) is 2.48. The van der Waals surface area contributed by atoms with Crippen LogP contribution in [-0.4, -0.2) is 64.1 Å². The van der Waals surface area contributed by atoms with Crippen LogP contribution in [0.4, 0.5) is 4.79 Å². The predicted octanol–water partition coefficient (Wildman–Crippen LogP) is 2.76. The normalized spacial score (nSPS) is 18.9. The highest BCUT2D eigenvalue weighted by Gasteiger charge is 2.31. The second-order valence-electron chi connectivity index (χ2n) is 5.52. The van der Waals surface area contributed by atoms with Gasteiger partial charge in [-0.25, -0.2) is 4.79 Å². The van der Waals surface area contributed by atoms with Crippen molar-refractivity contribution in [3.8, 4) is 0 Å². The highest BCUT2D eigenvalue weighted by molar-refractivity contribution is 7.99. The zero-order valence-electron chi connectivity index (χ0n) is 13.4. The van der Waals surface area contributed by atoms with Gasteiger partial charge in [0.1, 0.15) is 0 Å². The minimum Gasteiger partial charge on any atom is -0.481 e. The summed E-state index contributed by atoms with van der Waals surface area (Å²) in [5, 5.41) is 9.02. The van der Waals surface area contributed by atoms with Gasteiger partial charge >= 0.3 is 12.0 Å². The highest BCUT2D eigenvalue weighted by Crippen LogP contribution is 2.21. The molecule has 6 heteroatoms. The standard InChI is InChI=1S/C15H28N2O3S/c1-4-12(5-2)10-16(6-3)15(20)17-7-8-21-11-13(17)9-14(18)19/h12-13H,4-11H2,1-3H3,(H,18,19). The largest absolute Gasteiger partial charge is 0.481 e. The Morgan fingerprint density at radius 1 is 1.33 bits per heavy atom. The zero-order chi connectivity index (χ0) is 15.8. The van der Waals surface area contributed by atoms with Crippen molar-refractivity contribution >= 4 is 23.8 Å². The van der Waals surface area contributed by atoms with Gasteiger partial charge < -0.3 is 14.9 Å². The van der Waals surface area contributed by atoms with Crippen LogP contribution >= 0.6 is 11.8 Å². The van der Waals surface area contributed by atoms with Gasteiger partial charge in [0.25, 0.3) is 0 Å². The lowest BCUT2D eigenvalue weighted by Gasteiger charge is -2.38. The Hall–Kier alpha value is -0.910. The fourth-order valence-electron chi connectivity index (χ4n) is 2.66. The topological polar surface area (TPSA) is 60.9 Å². The van der Waals surface area contributed by atoms with Crippen LogP contribution in [0, 0.1) is 5.92 Å². The number of carboxylic acids is 1. The van der Waals surface area contributed by atoms with Crippen molar-refractivity contribution in [2.24, 2.45) is 5.92 Å². The molecule has 1 fully saturated rings. The lowest BCUT2D eigenvalue weighted by atomic mass is 10.0. The third-order valence-corrected chi connectivity index (χ3v) is 5.26. The summed E-state index contributed by atoms with van der Waals surface area (Å²) < 4.78 is 0. The van der Waals surface area contributed by atoms with Crippen LogP contribution in [0.1, 0.15) is 40.0 Å². The highest BCUT2D eigenvalue weighted by atomic mass is 32.2. The molecule has 1 aliphatic rings. The molecule has 5 nitrogen and oxygen atoms in total. The molecule has 0 aromatic rings. The molecule has 1 saturated heterocycles. The smallest absolute Gasteiger partial charge is 0.320 e. The number of hydrogen-bond donors (Lipinski definition) is 1. The molecule has 1 atom stereocenters. The summed E-state index contributed by atoms with van der Waals surface area (Å²) in [6, 6.07) is -0.166. The number of urea groups is 1. The molecule has 0 bridgehead atoms. The van der Waals surface area contributed by atoms with Gasteiger partial charge in [-0.1, -0.05) is 26.7 Å². The van der Waals surface area contributed by atoms with Crippen LogP contribution < -0.4 is 0 Å². The number of rotatable bonds is 7. The van der Waals surface area contributed by atoms with Crippen molar-refractivity contribution in [1.82, 2.24) is 9.80 Å². The van der Waals surface area contributed by atoms with Crippen LogP contribution in [0.15, 0.2) is 0 Å². The summed E-state index contributed by atoms with van der Waals surface area (Å²) in [7, 11) is 0. The Morgan fingerprint density at radius 3 is 2.52 bits per heavy atom. The Morgan fingerprint density at radius 2 is 2.00 bits per heavy atom. The monoisotopic (exact) mass is 316 g/mol. The van der Waals surface area contributed by atoms with E-state index in [-0.39, 0.29) is 18.5 Å². The third kappa shape index (κ3) is 5.41. The molecule has 1 aliphatic heterocycles. The molecular formula is C15H28N2O3S. The molecule has 0 aromatic heterocycles. The van der Waals surface area contributed by atoms with Gasteiger partial charge in [-0.2, -0.15) is 11.8 Å². The minimum atomic E-state index is -0.830. The number of thioether (sulfide) groups is 1. The first-order valence-corrected chi connectivity index (χ1v) is 9.03. The lowest BCUT2D eigenvalue weighted by Crippen LogP contribution is -2.53. The van der Waals surface area contributed by atoms with E-state index in [1.165, 1.54) is 0 Å². The second kappa shape index (κ2) is 9.18. The first-order valence-electron chi connectivity index (χ1n) is 7.88. The minimum absolute atomic E-state index is 0.0101. The number of carbonyl (C=O) groups is 2. The van der Waals surface area contributed by atoms with Crippen molar-refractivity contribution in [2.75, 3.05) is 31.1 Å². The van der Waals surface area contributed by atoms with Gasteiger partial charge in [0.2, 0.25) is 0 Å². The summed E-state index contributed by atoms with van der Waals surface area (Å²) in [6.07, 6.45) is 2.17. The van der Waals surface area contributed by atoms with Crippen LogP contribution in [0.3, 0.4) is 0 Å². The number of carboxylic acid groups (broad SMARTS) is 1. The zero-order valence-corrected chi connectivity index (χ0v) is 14.2. The quantitative estimate of drug-likeness (QED) is 0.784. The SMILES string of the molecule is CCC(CC)CN(CC)C(=O)N1CCSCC1CC(=O)O. The van der Waals surface area contributed by atoms with E-state index < -0.39 is 5.97 Å². The maximum absolute atomic E-state index is 12.7. The number of aliphatic carboxylic acids is 1. The summed E-state index contributed by atoms with van der Waals surface area (Å²) >= 11 is 1.73. The molecule has 122 valence electrons. The van der Waals surface area contributed by atoms with E-state index >= 15 is 0 Å². The number of hydrogen-bond acceptors (Lipinski definition) is 3. The number of nitrogens with zero attached hydrogens (tertiary/aromatic N) is 2. The lowest BCUT2D eigenvalue weighted by molar-refractivity contribution is -0.138. The van der Waals surface area contributed by atoms with Gasteiger partial charge in [-0.05, 0) is 12.8 Å². The molecule has 21 heavy (non-hydrogen) atoms. The molecule has 1 N–H and O–H groups in total. The van der Waals surface area contributed by atoms with Crippen LogP contribution in [0.25, 0.3) is 0 Å². The molecule has 0 aromatic carbocycles. The van der Waals surface area contributed by atoms with Crippen LogP contribution in [0.2, 0.25) is 0 Å². The van der Waals surface area contributed by atoms with Crippen molar-refractivity contribution in [3.05, 3.63) is 0 Å². The van der Waals surface area contributed by atoms with E-state index in [1.807, 2.05) is 11.8 Å². The first kappa shape index (κ1) is 18.1. The molecule has 1 heterocycles. The molecule has 0 radical (unpaired) electrons. The van der Waals surface area contributed by atoms with Gasteiger partial charge in [-0.15, -0.1) is 0 Å². The average molecular weight is 316 g/mol. The molecule has 1 unspecified atom stereocenters. The van der Waals surface area contributed by atoms with E-state index in [4.69, 9.17) is 5.11 Å². The molecule has 0 saturated carbocycles. The van der Waals surface area contributed by atoms with E-state index in [2.05, 4.69) is 13.8 Å². The summed E-state index contributed by atoms with van der Waals surface area (Å²) in [4.78, 5) is 27.4. The Bertz CT molecular complexity index is 348. The van der Waals surface area contributed by atoms with Crippen LogP contribution in [0.5, 0.6) is 0 Å². The van der Waals surface area contributed by atoms with Crippen molar-refractivity contribution < 1.29 is 14.7 Å². The van der Waals surface area contributed by atoms with Gasteiger partial charge in [0.05, 0.1) is 12.5 Å². The molecule has 0 aliphatic carbocycles. The molecule has 0 spiro atoms. The van der Waals surface area contributed by atoms with Gasteiger partial charge in [-0.3, -0.25) is 4.79 Å². The van der Waals surface area contributed by atoms with E-state index in [1.54, 1.807) is 16.7 Å². The Labute approximate surface area is 132 Å².